The quantitative estimate of drug-likeness (QED) is 0.744. The summed E-state index contributed by atoms with van der Waals surface area (Å²) in [5, 5.41) is 0. The van der Waals surface area contributed by atoms with Crippen LogP contribution in [0.3, 0.4) is 0 Å². The average molecular weight is 373 g/mol. The van der Waals surface area contributed by atoms with Crippen molar-refractivity contribution >= 4 is 17.5 Å². The Labute approximate surface area is 164 Å². The Morgan fingerprint density at radius 3 is 2.04 bits per heavy atom. The van der Waals surface area contributed by atoms with Crippen molar-refractivity contribution in [1.82, 2.24) is 4.98 Å². The molecule has 0 aliphatic carbocycles. The molecular formula is C23H23N3O2. The molecule has 0 saturated carbocycles. The van der Waals surface area contributed by atoms with Crippen LogP contribution in [0.15, 0.2) is 72.8 Å². The maximum atomic E-state index is 13.5. The summed E-state index contributed by atoms with van der Waals surface area (Å²) in [5.41, 5.74) is 7.96. The van der Waals surface area contributed by atoms with E-state index in [9.17, 15) is 4.79 Å². The molecule has 4 rings (SSSR count). The molecule has 0 spiro atoms. The van der Waals surface area contributed by atoms with E-state index in [2.05, 4.69) is 4.98 Å². The van der Waals surface area contributed by atoms with Crippen molar-refractivity contribution in [2.75, 3.05) is 10.6 Å². The zero-order valence-corrected chi connectivity index (χ0v) is 15.9. The number of carbonyl (C=O) groups is 1. The van der Waals surface area contributed by atoms with Gasteiger partial charge < -0.3 is 10.5 Å². The van der Waals surface area contributed by atoms with Gasteiger partial charge in [-0.15, -0.1) is 0 Å². The highest BCUT2D eigenvalue weighted by Crippen LogP contribution is 2.42. The Hall–Kier alpha value is -3.34. The minimum Gasteiger partial charge on any atom is -0.476 e. The monoisotopic (exact) mass is 373 g/mol. The average Bonchev–Trinajstić information content (AvgIpc) is 2.71. The second-order valence-electron chi connectivity index (χ2n) is 7.27. The van der Waals surface area contributed by atoms with Gasteiger partial charge in [-0.2, -0.15) is 0 Å². The molecule has 1 aliphatic rings. The van der Waals surface area contributed by atoms with E-state index in [0.29, 0.717) is 17.4 Å². The number of nitrogens with two attached hydrogens (primary N) is 1. The number of rotatable bonds is 4. The number of ether oxygens (including phenoxy) is 1. The predicted molar refractivity (Wildman–Crippen MR) is 110 cm³/mol. The van der Waals surface area contributed by atoms with Crippen LogP contribution < -0.4 is 15.4 Å². The predicted octanol–water partition coefficient (Wildman–Crippen LogP) is 4.20. The third-order valence-corrected chi connectivity index (χ3v) is 4.92. The van der Waals surface area contributed by atoms with Gasteiger partial charge in [0.2, 0.25) is 0 Å². The molecule has 1 aliphatic heterocycles. The molecule has 1 unspecified atom stereocenters. The fraction of sp³-hybridized carbons (Fsp3) is 0.217. The van der Waals surface area contributed by atoms with Crippen LogP contribution in [0, 0.1) is 5.92 Å². The number of carbonyl (C=O) groups excluding carboxylic acids is 1. The van der Waals surface area contributed by atoms with Crippen molar-refractivity contribution in [3.8, 4) is 5.75 Å². The number of anilines is 2. The van der Waals surface area contributed by atoms with Crippen molar-refractivity contribution in [1.29, 1.82) is 0 Å². The van der Waals surface area contributed by atoms with E-state index in [1.807, 2.05) is 74.5 Å². The Morgan fingerprint density at radius 1 is 0.929 bits per heavy atom. The molecule has 0 fully saturated rings. The standard InChI is InChI=1S/C23H23N3O2/c1-15(2)21-23(27)26(22-18(28-21)13-14-19(24)25-22)20(16-9-5-3-6-10-16)17-11-7-4-8-12-17/h3-15,20-21H,1-2H3,(H2,24,25). The van der Waals surface area contributed by atoms with Crippen molar-refractivity contribution in [3.63, 3.8) is 0 Å². The van der Waals surface area contributed by atoms with Crippen molar-refractivity contribution in [2.24, 2.45) is 5.92 Å². The van der Waals surface area contributed by atoms with Gasteiger partial charge in [0.1, 0.15) is 5.82 Å². The Kier molecular flexibility index (Phi) is 4.74. The summed E-state index contributed by atoms with van der Waals surface area (Å²) < 4.78 is 6.00. The normalized spacial score (nSPS) is 16.2. The van der Waals surface area contributed by atoms with Gasteiger partial charge in [0.05, 0.1) is 6.04 Å². The molecule has 2 N–H and O–H groups in total. The lowest BCUT2D eigenvalue weighted by atomic mass is 9.94. The number of amides is 1. The van der Waals surface area contributed by atoms with Gasteiger partial charge in [0, 0.05) is 0 Å². The molecule has 5 nitrogen and oxygen atoms in total. The molecule has 142 valence electrons. The van der Waals surface area contributed by atoms with Gasteiger partial charge in [0.25, 0.3) is 5.91 Å². The van der Waals surface area contributed by atoms with Gasteiger partial charge >= 0.3 is 0 Å². The minimum absolute atomic E-state index is 0.0212. The van der Waals surface area contributed by atoms with Crippen molar-refractivity contribution < 1.29 is 9.53 Å². The van der Waals surface area contributed by atoms with Crippen LogP contribution in [0.1, 0.15) is 31.0 Å². The first-order valence-electron chi connectivity index (χ1n) is 9.42. The van der Waals surface area contributed by atoms with E-state index in [4.69, 9.17) is 10.5 Å². The van der Waals surface area contributed by atoms with Crippen LogP contribution in [0.4, 0.5) is 11.6 Å². The SMILES string of the molecule is CC(C)C1Oc2ccc(N)nc2N(C(c2ccccc2)c2ccccc2)C1=O. The molecular weight excluding hydrogens is 350 g/mol. The maximum Gasteiger partial charge on any atom is 0.270 e. The topological polar surface area (TPSA) is 68.5 Å². The molecule has 5 heteroatoms. The van der Waals surface area contributed by atoms with Gasteiger partial charge in [-0.05, 0) is 29.2 Å². The summed E-state index contributed by atoms with van der Waals surface area (Å²) in [6.07, 6.45) is -0.576. The van der Waals surface area contributed by atoms with Gasteiger partial charge in [0.15, 0.2) is 17.7 Å². The zero-order valence-electron chi connectivity index (χ0n) is 15.9. The summed E-state index contributed by atoms with van der Waals surface area (Å²) in [5.74, 6) is 1.29. The van der Waals surface area contributed by atoms with E-state index in [0.717, 1.165) is 11.1 Å². The largest absolute Gasteiger partial charge is 0.476 e. The lowest BCUT2D eigenvalue weighted by Gasteiger charge is -2.39. The second-order valence-corrected chi connectivity index (χ2v) is 7.27. The summed E-state index contributed by atoms with van der Waals surface area (Å²) in [4.78, 5) is 19.8. The highest BCUT2D eigenvalue weighted by Gasteiger charge is 2.41. The number of hydrogen-bond acceptors (Lipinski definition) is 4. The Bertz CT molecular complexity index is 934. The van der Waals surface area contributed by atoms with Crippen molar-refractivity contribution in [2.45, 2.75) is 26.0 Å². The fourth-order valence-electron chi connectivity index (χ4n) is 3.58. The van der Waals surface area contributed by atoms with E-state index in [1.54, 1.807) is 17.0 Å². The fourth-order valence-corrected chi connectivity index (χ4v) is 3.58. The van der Waals surface area contributed by atoms with E-state index in [-0.39, 0.29) is 17.9 Å². The number of benzene rings is 2. The minimum atomic E-state index is -0.576. The van der Waals surface area contributed by atoms with Crippen LogP contribution >= 0.6 is 0 Å². The summed E-state index contributed by atoms with van der Waals surface area (Å²) >= 11 is 0. The highest BCUT2D eigenvalue weighted by molar-refractivity contribution is 6.00. The van der Waals surface area contributed by atoms with E-state index >= 15 is 0 Å². The van der Waals surface area contributed by atoms with Gasteiger partial charge in [-0.25, -0.2) is 4.98 Å². The molecule has 1 atom stereocenters. The van der Waals surface area contributed by atoms with Crippen LogP contribution in [0.25, 0.3) is 0 Å². The van der Waals surface area contributed by atoms with Crippen LogP contribution in [0.2, 0.25) is 0 Å². The molecule has 1 amide bonds. The van der Waals surface area contributed by atoms with E-state index < -0.39 is 6.10 Å². The number of aromatic nitrogens is 1. The molecule has 0 radical (unpaired) electrons. The number of nitrogen functional groups attached to an aromatic ring is 1. The van der Waals surface area contributed by atoms with Crippen molar-refractivity contribution in [3.05, 3.63) is 83.9 Å². The smallest absolute Gasteiger partial charge is 0.270 e. The highest BCUT2D eigenvalue weighted by atomic mass is 16.5. The molecule has 3 aromatic rings. The summed E-state index contributed by atoms with van der Waals surface area (Å²) in [6.45, 7) is 3.97. The zero-order chi connectivity index (χ0) is 19.7. The molecule has 2 aromatic carbocycles. The summed E-state index contributed by atoms with van der Waals surface area (Å²) in [6, 6.07) is 23.1. The third kappa shape index (κ3) is 3.20. The first-order valence-corrected chi connectivity index (χ1v) is 9.42. The second kappa shape index (κ2) is 7.35. The Balaban J connectivity index is 1.94. The van der Waals surface area contributed by atoms with E-state index in [1.165, 1.54) is 0 Å². The number of pyridine rings is 1. The molecule has 1 aromatic heterocycles. The third-order valence-electron chi connectivity index (χ3n) is 4.92. The van der Waals surface area contributed by atoms with Gasteiger partial charge in [-0.1, -0.05) is 74.5 Å². The van der Waals surface area contributed by atoms with Crippen LogP contribution in [-0.4, -0.2) is 17.0 Å². The number of fused-ring (bicyclic) bond motifs is 1. The number of hydrogen-bond donors (Lipinski definition) is 1. The molecule has 0 saturated heterocycles. The first-order chi connectivity index (χ1) is 13.6. The van der Waals surface area contributed by atoms with Gasteiger partial charge in [-0.3, -0.25) is 9.69 Å². The summed E-state index contributed by atoms with van der Waals surface area (Å²) in [7, 11) is 0. The number of nitrogens with zero attached hydrogens (tertiary/aromatic N) is 2. The van der Waals surface area contributed by atoms with Crippen LogP contribution in [-0.2, 0) is 4.79 Å². The lowest BCUT2D eigenvalue weighted by Crippen LogP contribution is -2.50. The molecule has 28 heavy (non-hydrogen) atoms. The Morgan fingerprint density at radius 2 is 1.50 bits per heavy atom. The molecule has 2 heterocycles. The molecule has 0 bridgehead atoms. The van der Waals surface area contributed by atoms with Crippen LogP contribution in [0.5, 0.6) is 5.75 Å². The lowest BCUT2D eigenvalue weighted by molar-refractivity contribution is -0.128. The first kappa shape index (κ1) is 18.0. The maximum absolute atomic E-state index is 13.5.